The number of benzene rings is 1. The number of methoxy groups -OCH3 is 1. The van der Waals surface area contributed by atoms with Gasteiger partial charge in [-0.2, -0.15) is 5.26 Å². The van der Waals surface area contributed by atoms with E-state index in [4.69, 9.17) is 9.47 Å². The molecule has 0 unspecified atom stereocenters. The van der Waals surface area contributed by atoms with Gasteiger partial charge in [-0.25, -0.2) is 0 Å². The molecule has 0 aliphatic heterocycles. The minimum Gasteiger partial charge on any atom is -0.493 e. The molecule has 5 heteroatoms. The fraction of sp³-hybridized carbons (Fsp3) is 0.412. The van der Waals surface area contributed by atoms with E-state index in [9.17, 15) is 10.1 Å². The highest BCUT2D eigenvalue weighted by molar-refractivity contribution is 6.02. The standard InChI is InChI=1S/C17H22N2O3/c1-11(2)19-17(20)14(10-18)9-13-7-6-8-15(21-5)16(13)22-12(3)4/h6-9,11-12H,1-5H3,(H,19,20)/b14-9+. The van der Waals surface area contributed by atoms with Crippen LogP contribution in [0.25, 0.3) is 6.08 Å². The van der Waals surface area contributed by atoms with Crippen molar-refractivity contribution in [1.82, 2.24) is 5.32 Å². The molecule has 0 heterocycles. The van der Waals surface area contributed by atoms with E-state index in [-0.39, 0.29) is 17.7 Å². The third kappa shape index (κ3) is 4.81. The predicted molar refractivity (Wildman–Crippen MR) is 85.6 cm³/mol. The summed E-state index contributed by atoms with van der Waals surface area (Å²) < 4.78 is 11.1. The van der Waals surface area contributed by atoms with Gasteiger partial charge in [-0.15, -0.1) is 0 Å². The zero-order valence-corrected chi connectivity index (χ0v) is 13.6. The summed E-state index contributed by atoms with van der Waals surface area (Å²) in [5.74, 6) is 0.671. The molecule has 0 saturated carbocycles. The van der Waals surface area contributed by atoms with Crippen LogP contribution in [0, 0.1) is 11.3 Å². The number of amides is 1. The maximum atomic E-state index is 12.0. The lowest BCUT2D eigenvalue weighted by Crippen LogP contribution is -2.30. The number of carbonyl (C=O) groups is 1. The van der Waals surface area contributed by atoms with E-state index in [0.29, 0.717) is 17.1 Å². The number of hydrogen-bond acceptors (Lipinski definition) is 4. The van der Waals surface area contributed by atoms with E-state index in [1.54, 1.807) is 25.3 Å². The van der Waals surface area contributed by atoms with Crippen molar-refractivity contribution in [3.8, 4) is 17.6 Å². The van der Waals surface area contributed by atoms with Crippen molar-refractivity contribution in [3.05, 3.63) is 29.3 Å². The predicted octanol–water partition coefficient (Wildman–Crippen LogP) is 2.91. The largest absolute Gasteiger partial charge is 0.493 e. The van der Waals surface area contributed by atoms with E-state index >= 15 is 0 Å². The molecule has 22 heavy (non-hydrogen) atoms. The van der Waals surface area contributed by atoms with Crippen molar-refractivity contribution in [3.63, 3.8) is 0 Å². The third-order valence-electron chi connectivity index (χ3n) is 2.67. The first-order valence-corrected chi connectivity index (χ1v) is 7.15. The van der Waals surface area contributed by atoms with Gasteiger partial charge in [0.25, 0.3) is 5.91 Å². The van der Waals surface area contributed by atoms with Crippen LogP contribution in [0.4, 0.5) is 0 Å². The van der Waals surface area contributed by atoms with Gasteiger partial charge in [0.15, 0.2) is 11.5 Å². The minimum absolute atomic E-state index is 0.0237. The van der Waals surface area contributed by atoms with Gasteiger partial charge < -0.3 is 14.8 Å². The molecule has 1 rings (SSSR count). The number of para-hydroxylation sites is 1. The highest BCUT2D eigenvalue weighted by Crippen LogP contribution is 2.33. The molecule has 1 amide bonds. The van der Waals surface area contributed by atoms with Crippen LogP contribution < -0.4 is 14.8 Å². The Labute approximate surface area is 131 Å². The topological polar surface area (TPSA) is 71.3 Å². The molecule has 0 bridgehead atoms. The van der Waals surface area contributed by atoms with Gasteiger partial charge in [-0.05, 0) is 39.8 Å². The smallest absolute Gasteiger partial charge is 0.262 e. The Bertz CT molecular complexity index is 598. The quantitative estimate of drug-likeness (QED) is 0.648. The van der Waals surface area contributed by atoms with E-state index in [1.165, 1.54) is 6.08 Å². The molecule has 5 nitrogen and oxygen atoms in total. The second-order valence-electron chi connectivity index (χ2n) is 5.34. The van der Waals surface area contributed by atoms with Crippen LogP contribution in [0.15, 0.2) is 23.8 Å². The molecule has 0 aliphatic carbocycles. The van der Waals surface area contributed by atoms with Crippen LogP contribution in [0.1, 0.15) is 33.3 Å². The summed E-state index contributed by atoms with van der Waals surface area (Å²) in [5, 5.41) is 11.9. The van der Waals surface area contributed by atoms with Gasteiger partial charge in [0, 0.05) is 11.6 Å². The Morgan fingerprint density at radius 1 is 1.32 bits per heavy atom. The molecule has 1 N–H and O–H groups in total. The monoisotopic (exact) mass is 302 g/mol. The lowest BCUT2D eigenvalue weighted by atomic mass is 10.1. The number of nitrogens with one attached hydrogen (secondary N) is 1. The summed E-state index contributed by atoms with van der Waals surface area (Å²) in [6.07, 6.45) is 1.45. The molecular weight excluding hydrogens is 280 g/mol. The zero-order valence-electron chi connectivity index (χ0n) is 13.6. The van der Waals surface area contributed by atoms with Crippen molar-refractivity contribution >= 4 is 12.0 Å². The summed E-state index contributed by atoms with van der Waals surface area (Å²) in [7, 11) is 1.55. The van der Waals surface area contributed by atoms with Crippen molar-refractivity contribution in [2.24, 2.45) is 0 Å². The highest BCUT2D eigenvalue weighted by atomic mass is 16.5. The van der Waals surface area contributed by atoms with E-state index in [0.717, 1.165) is 0 Å². The molecule has 0 aliphatic rings. The first-order valence-electron chi connectivity index (χ1n) is 7.15. The lowest BCUT2D eigenvalue weighted by molar-refractivity contribution is -0.117. The van der Waals surface area contributed by atoms with Crippen molar-refractivity contribution < 1.29 is 14.3 Å². The van der Waals surface area contributed by atoms with E-state index in [1.807, 2.05) is 33.8 Å². The normalized spacial score (nSPS) is 11.3. The molecule has 0 spiro atoms. The van der Waals surface area contributed by atoms with Gasteiger partial charge in [-0.3, -0.25) is 4.79 Å². The molecule has 0 atom stereocenters. The maximum Gasteiger partial charge on any atom is 0.262 e. The molecular formula is C17H22N2O3. The number of nitriles is 1. The van der Waals surface area contributed by atoms with E-state index < -0.39 is 5.91 Å². The Hall–Kier alpha value is -2.48. The van der Waals surface area contributed by atoms with Gasteiger partial charge in [0.05, 0.1) is 13.2 Å². The highest BCUT2D eigenvalue weighted by Gasteiger charge is 2.15. The Balaban J connectivity index is 3.27. The molecule has 0 aromatic heterocycles. The first kappa shape index (κ1) is 17.6. The summed E-state index contributed by atoms with van der Waals surface area (Å²) >= 11 is 0. The van der Waals surface area contributed by atoms with Crippen LogP contribution in [-0.2, 0) is 4.79 Å². The third-order valence-corrected chi connectivity index (χ3v) is 2.67. The first-order chi connectivity index (χ1) is 10.4. The zero-order chi connectivity index (χ0) is 16.7. The van der Waals surface area contributed by atoms with Gasteiger partial charge in [0.2, 0.25) is 0 Å². The number of rotatable bonds is 6. The van der Waals surface area contributed by atoms with Gasteiger partial charge in [0.1, 0.15) is 11.6 Å². The maximum absolute atomic E-state index is 12.0. The average Bonchev–Trinajstić information content (AvgIpc) is 2.44. The molecule has 1 aromatic carbocycles. The van der Waals surface area contributed by atoms with Gasteiger partial charge in [-0.1, -0.05) is 12.1 Å². The van der Waals surface area contributed by atoms with Crippen LogP contribution in [0.3, 0.4) is 0 Å². The fourth-order valence-corrected chi connectivity index (χ4v) is 1.81. The number of carbonyl (C=O) groups excluding carboxylic acids is 1. The molecule has 0 radical (unpaired) electrons. The molecule has 118 valence electrons. The average molecular weight is 302 g/mol. The van der Waals surface area contributed by atoms with Crippen molar-refractivity contribution in [1.29, 1.82) is 5.26 Å². The van der Waals surface area contributed by atoms with Crippen molar-refractivity contribution in [2.45, 2.75) is 39.8 Å². The Morgan fingerprint density at radius 2 is 2.00 bits per heavy atom. The van der Waals surface area contributed by atoms with E-state index in [2.05, 4.69) is 5.32 Å². The molecule has 0 fully saturated rings. The number of hydrogen-bond donors (Lipinski definition) is 1. The molecule has 1 aromatic rings. The summed E-state index contributed by atoms with van der Waals surface area (Å²) in [5.41, 5.74) is 0.652. The summed E-state index contributed by atoms with van der Waals surface area (Å²) in [4.78, 5) is 12.0. The Kier molecular flexibility index (Phi) is 6.46. The summed E-state index contributed by atoms with van der Waals surface area (Å²) in [6.45, 7) is 7.48. The second kappa shape index (κ2) is 8.08. The fourth-order valence-electron chi connectivity index (χ4n) is 1.81. The second-order valence-corrected chi connectivity index (χ2v) is 5.34. The lowest BCUT2D eigenvalue weighted by Gasteiger charge is -2.16. The van der Waals surface area contributed by atoms with Crippen LogP contribution in [-0.4, -0.2) is 25.2 Å². The summed E-state index contributed by atoms with van der Waals surface area (Å²) in [6, 6.07) is 7.22. The van der Waals surface area contributed by atoms with Gasteiger partial charge >= 0.3 is 0 Å². The number of nitrogens with zero attached hydrogens (tertiary/aromatic N) is 1. The van der Waals surface area contributed by atoms with Crippen molar-refractivity contribution in [2.75, 3.05) is 7.11 Å². The van der Waals surface area contributed by atoms with Crippen LogP contribution in [0.5, 0.6) is 11.5 Å². The SMILES string of the molecule is COc1cccc(/C=C(\C#N)C(=O)NC(C)C)c1OC(C)C. The number of ether oxygens (including phenoxy) is 2. The van der Waals surface area contributed by atoms with Crippen LogP contribution in [0.2, 0.25) is 0 Å². The Morgan fingerprint density at radius 3 is 2.50 bits per heavy atom. The van der Waals surface area contributed by atoms with Crippen LogP contribution >= 0.6 is 0 Å². The minimum atomic E-state index is -0.407. The molecule has 0 saturated heterocycles.